The molecule has 3 nitrogen and oxygen atoms in total. The summed E-state index contributed by atoms with van der Waals surface area (Å²) in [6.07, 6.45) is 2.12. The highest BCUT2D eigenvalue weighted by atomic mass is 32.2. The summed E-state index contributed by atoms with van der Waals surface area (Å²) in [4.78, 5) is 15.6. The number of hydrogen-bond donors (Lipinski definition) is 1. The van der Waals surface area contributed by atoms with Crippen molar-refractivity contribution >= 4 is 17.7 Å². The average molecular weight is 278 g/mol. The number of nitrogens with one attached hydrogen (secondary N) is 1. The molecule has 1 aromatic carbocycles. The summed E-state index contributed by atoms with van der Waals surface area (Å²) < 4.78 is 0. The van der Waals surface area contributed by atoms with Gasteiger partial charge < -0.3 is 10.2 Å². The van der Waals surface area contributed by atoms with E-state index in [9.17, 15) is 4.79 Å². The van der Waals surface area contributed by atoms with Gasteiger partial charge in [-0.15, -0.1) is 11.8 Å². The van der Waals surface area contributed by atoms with E-state index >= 15 is 0 Å². The molecule has 1 aliphatic rings. The summed E-state index contributed by atoms with van der Waals surface area (Å²) in [5, 5.41) is 3.13. The maximum Gasteiger partial charge on any atom is 0.233 e. The Morgan fingerprint density at radius 3 is 2.58 bits per heavy atom. The van der Waals surface area contributed by atoms with Crippen LogP contribution >= 0.6 is 11.8 Å². The number of carbonyl (C=O) groups excluding carboxylic acids is 1. The molecule has 104 valence electrons. The molecule has 1 saturated heterocycles. The van der Waals surface area contributed by atoms with Crippen LogP contribution in [0.2, 0.25) is 0 Å². The van der Waals surface area contributed by atoms with Crippen LogP contribution in [0.5, 0.6) is 0 Å². The van der Waals surface area contributed by atoms with Gasteiger partial charge in [-0.05, 0) is 52.0 Å². The summed E-state index contributed by atoms with van der Waals surface area (Å²) in [7, 11) is 2.13. The van der Waals surface area contributed by atoms with Crippen LogP contribution in [0.3, 0.4) is 0 Å². The van der Waals surface area contributed by atoms with E-state index in [1.54, 1.807) is 11.8 Å². The Balaban J connectivity index is 1.79. The van der Waals surface area contributed by atoms with Crippen molar-refractivity contribution in [1.82, 2.24) is 10.2 Å². The smallest absolute Gasteiger partial charge is 0.233 e. The zero-order valence-corrected chi connectivity index (χ0v) is 12.5. The summed E-state index contributed by atoms with van der Waals surface area (Å²) in [5.74, 6) is 0.156. The van der Waals surface area contributed by atoms with Crippen molar-refractivity contribution < 1.29 is 4.79 Å². The van der Waals surface area contributed by atoms with Gasteiger partial charge in [-0.2, -0.15) is 0 Å². The summed E-state index contributed by atoms with van der Waals surface area (Å²) in [6.45, 7) is 4.12. The lowest BCUT2D eigenvalue weighted by molar-refractivity contribution is -0.121. The zero-order valence-electron chi connectivity index (χ0n) is 11.6. The minimum Gasteiger partial charge on any atom is -0.352 e. The molecular formula is C15H22N2OS. The van der Waals surface area contributed by atoms with Gasteiger partial charge in [0.05, 0.1) is 5.25 Å². The fourth-order valence-corrected chi connectivity index (χ4v) is 3.13. The molecule has 1 amide bonds. The lowest BCUT2D eigenvalue weighted by atomic mass is 10.1. The molecule has 1 aliphatic heterocycles. The lowest BCUT2D eigenvalue weighted by Gasteiger charge is -2.30. The van der Waals surface area contributed by atoms with Crippen LogP contribution in [0.25, 0.3) is 0 Å². The first-order chi connectivity index (χ1) is 9.15. The minimum atomic E-state index is -0.0398. The molecule has 0 aromatic heterocycles. The van der Waals surface area contributed by atoms with Crippen molar-refractivity contribution in [3.8, 4) is 0 Å². The first-order valence-corrected chi connectivity index (χ1v) is 7.74. The van der Waals surface area contributed by atoms with E-state index in [0.717, 1.165) is 30.8 Å². The van der Waals surface area contributed by atoms with Crippen LogP contribution in [-0.4, -0.2) is 42.2 Å². The molecular weight excluding hydrogens is 256 g/mol. The van der Waals surface area contributed by atoms with E-state index in [0.29, 0.717) is 6.04 Å². The molecule has 1 atom stereocenters. The number of carbonyl (C=O) groups is 1. The Labute approximate surface area is 119 Å². The molecule has 0 saturated carbocycles. The van der Waals surface area contributed by atoms with Crippen LogP contribution in [0.1, 0.15) is 19.8 Å². The Kier molecular flexibility index (Phi) is 5.28. The Hall–Kier alpha value is -1.00. The van der Waals surface area contributed by atoms with Gasteiger partial charge in [0.1, 0.15) is 0 Å². The van der Waals surface area contributed by atoms with Crippen molar-refractivity contribution in [3.63, 3.8) is 0 Å². The van der Waals surface area contributed by atoms with E-state index in [2.05, 4.69) is 17.3 Å². The fraction of sp³-hybridized carbons (Fsp3) is 0.533. The molecule has 4 heteroatoms. The molecule has 0 unspecified atom stereocenters. The number of amides is 1. The number of piperidine rings is 1. The first-order valence-electron chi connectivity index (χ1n) is 6.86. The summed E-state index contributed by atoms with van der Waals surface area (Å²) in [5.41, 5.74) is 0. The molecule has 0 radical (unpaired) electrons. The molecule has 0 bridgehead atoms. The Morgan fingerprint density at radius 2 is 1.95 bits per heavy atom. The fourth-order valence-electron chi connectivity index (χ4n) is 2.23. The third kappa shape index (κ3) is 4.55. The quantitative estimate of drug-likeness (QED) is 0.858. The van der Waals surface area contributed by atoms with Crippen molar-refractivity contribution in [1.29, 1.82) is 0 Å². The summed E-state index contributed by atoms with van der Waals surface area (Å²) >= 11 is 1.62. The number of thioether (sulfide) groups is 1. The Bertz CT molecular complexity index is 402. The van der Waals surface area contributed by atoms with Crippen LogP contribution in [0.4, 0.5) is 0 Å². The number of hydrogen-bond acceptors (Lipinski definition) is 3. The monoisotopic (exact) mass is 278 g/mol. The van der Waals surface area contributed by atoms with Crippen LogP contribution in [0.15, 0.2) is 35.2 Å². The van der Waals surface area contributed by atoms with E-state index in [4.69, 9.17) is 0 Å². The minimum absolute atomic E-state index is 0.0398. The normalized spacial score (nSPS) is 19.1. The van der Waals surface area contributed by atoms with Crippen molar-refractivity contribution in [2.24, 2.45) is 0 Å². The number of likely N-dealkylation sites (tertiary alicyclic amines) is 1. The lowest BCUT2D eigenvalue weighted by Crippen LogP contribution is -2.45. The third-order valence-corrected chi connectivity index (χ3v) is 4.60. The predicted octanol–water partition coefficient (Wildman–Crippen LogP) is 2.38. The molecule has 1 heterocycles. The maximum absolute atomic E-state index is 12.2. The molecule has 1 aromatic rings. The van der Waals surface area contributed by atoms with Crippen LogP contribution < -0.4 is 5.32 Å². The van der Waals surface area contributed by atoms with Gasteiger partial charge in [-0.3, -0.25) is 4.79 Å². The average Bonchev–Trinajstić information content (AvgIpc) is 2.42. The van der Waals surface area contributed by atoms with E-state index < -0.39 is 0 Å². The predicted molar refractivity (Wildman–Crippen MR) is 80.4 cm³/mol. The van der Waals surface area contributed by atoms with Gasteiger partial charge in [-0.1, -0.05) is 18.2 Å². The van der Waals surface area contributed by atoms with E-state index in [1.165, 1.54) is 0 Å². The van der Waals surface area contributed by atoms with Crippen LogP contribution in [-0.2, 0) is 4.79 Å². The standard InChI is InChI=1S/C15H22N2OS/c1-12(19-14-6-4-3-5-7-14)15(18)16-13-8-10-17(2)11-9-13/h3-7,12-13H,8-11H2,1-2H3,(H,16,18)/t12-/m1/s1. The highest BCUT2D eigenvalue weighted by Gasteiger charge is 2.21. The van der Waals surface area contributed by atoms with Gasteiger partial charge in [0.2, 0.25) is 5.91 Å². The third-order valence-electron chi connectivity index (χ3n) is 3.49. The van der Waals surface area contributed by atoms with Crippen molar-refractivity contribution in [3.05, 3.63) is 30.3 Å². The highest BCUT2D eigenvalue weighted by molar-refractivity contribution is 8.00. The van der Waals surface area contributed by atoms with Gasteiger partial charge in [-0.25, -0.2) is 0 Å². The second-order valence-electron chi connectivity index (χ2n) is 5.16. The SMILES string of the molecule is C[C@@H](Sc1ccccc1)C(=O)NC1CCN(C)CC1. The topological polar surface area (TPSA) is 32.3 Å². The van der Waals surface area contributed by atoms with E-state index in [-0.39, 0.29) is 11.2 Å². The van der Waals surface area contributed by atoms with Gasteiger partial charge in [0.25, 0.3) is 0 Å². The molecule has 0 aliphatic carbocycles. The number of benzene rings is 1. The maximum atomic E-state index is 12.2. The van der Waals surface area contributed by atoms with Gasteiger partial charge in [0.15, 0.2) is 0 Å². The number of rotatable bonds is 4. The summed E-state index contributed by atoms with van der Waals surface area (Å²) in [6, 6.07) is 10.4. The molecule has 0 spiro atoms. The van der Waals surface area contributed by atoms with Gasteiger partial charge in [0, 0.05) is 10.9 Å². The van der Waals surface area contributed by atoms with E-state index in [1.807, 2.05) is 37.3 Å². The highest BCUT2D eigenvalue weighted by Crippen LogP contribution is 2.23. The molecule has 2 rings (SSSR count). The molecule has 19 heavy (non-hydrogen) atoms. The zero-order chi connectivity index (χ0) is 13.7. The second kappa shape index (κ2) is 6.96. The van der Waals surface area contributed by atoms with Crippen molar-refractivity contribution in [2.45, 2.75) is 36.0 Å². The molecule has 1 fully saturated rings. The van der Waals surface area contributed by atoms with Gasteiger partial charge >= 0.3 is 0 Å². The number of nitrogens with zero attached hydrogens (tertiary/aromatic N) is 1. The first kappa shape index (κ1) is 14.4. The van der Waals surface area contributed by atoms with Crippen LogP contribution in [0, 0.1) is 0 Å². The molecule has 1 N–H and O–H groups in total. The second-order valence-corrected chi connectivity index (χ2v) is 6.57. The largest absolute Gasteiger partial charge is 0.352 e. The van der Waals surface area contributed by atoms with Crippen molar-refractivity contribution in [2.75, 3.05) is 20.1 Å². The Morgan fingerprint density at radius 1 is 1.32 bits per heavy atom.